The second-order valence-electron chi connectivity index (χ2n) is 5.21. The molecule has 20 heavy (non-hydrogen) atoms. The van der Waals surface area contributed by atoms with Gasteiger partial charge in [0.15, 0.2) is 0 Å². The summed E-state index contributed by atoms with van der Waals surface area (Å²) in [6, 6.07) is 8.10. The molecule has 0 aromatic heterocycles. The summed E-state index contributed by atoms with van der Waals surface area (Å²) < 4.78 is 5.46. The lowest BCUT2D eigenvalue weighted by atomic mass is 9.88. The van der Waals surface area contributed by atoms with Crippen molar-refractivity contribution in [1.82, 2.24) is 10.6 Å². The second kappa shape index (κ2) is 6.83. The molecule has 0 bridgehead atoms. The molecule has 0 aliphatic carbocycles. The first-order chi connectivity index (χ1) is 9.65. The lowest BCUT2D eigenvalue weighted by Crippen LogP contribution is -2.68. The summed E-state index contributed by atoms with van der Waals surface area (Å²) in [7, 11) is 0. The Hall–Kier alpha value is -1.43. The van der Waals surface area contributed by atoms with E-state index in [9.17, 15) is 4.79 Å². The summed E-state index contributed by atoms with van der Waals surface area (Å²) in [5.41, 5.74) is 2.00. The number of carboxylic acid groups (broad SMARTS) is 1. The first-order valence-electron chi connectivity index (χ1n) is 6.97. The predicted octanol–water partition coefficient (Wildman–Crippen LogP) is 1.13. The first kappa shape index (κ1) is 15.0. The maximum Gasteiger partial charge on any atom is 0.305 e. The molecule has 1 saturated heterocycles. The van der Waals surface area contributed by atoms with Crippen LogP contribution in [0.5, 0.6) is 0 Å². The maximum atomic E-state index is 10.9. The molecular formula is C15H22N2O3. The fourth-order valence-corrected chi connectivity index (χ4v) is 2.39. The average molecular weight is 278 g/mol. The van der Waals surface area contributed by atoms with Gasteiger partial charge in [-0.25, -0.2) is 0 Å². The van der Waals surface area contributed by atoms with Crippen molar-refractivity contribution in [3.05, 3.63) is 35.4 Å². The van der Waals surface area contributed by atoms with Gasteiger partial charge >= 0.3 is 5.97 Å². The first-order valence-corrected chi connectivity index (χ1v) is 6.97. The molecular weight excluding hydrogens is 256 g/mol. The fourth-order valence-electron chi connectivity index (χ4n) is 2.39. The molecule has 110 valence electrons. The third kappa shape index (κ3) is 3.79. The van der Waals surface area contributed by atoms with Crippen LogP contribution in [-0.2, 0) is 22.7 Å². The molecule has 0 atom stereocenters. The molecule has 1 fully saturated rings. The van der Waals surface area contributed by atoms with Crippen molar-refractivity contribution in [1.29, 1.82) is 0 Å². The van der Waals surface area contributed by atoms with Crippen molar-refractivity contribution in [3.8, 4) is 0 Å². The van der Waals surface area contributed by atoms with E-state index in [0.29, 0.717) is 32.8 Å². The number of carbonyl (C=O) groups is 1. The van der Waals surface area contributed by atoms with Crippen molar-refractivity contribution >= 4 is 5.97 Å². The number of ether oxygens (including phenoxy) is 1. The minimum absolute atomic E-state index is 0.146. The largest absolute Gasteiger partial charge is 0.481 e. The molecule has 2 rings (SSSR count). The molecule has 5 nitrogen and oxygen atoms in total. The van der Waals surface area contributed by atoms with E-state index in [0.717, 1.165) is 11.1 Å². The van der Waals surface area contributed by atoms with E-state index in [1.807, 2.05) is 19.1 Å². The number of aliphatic carboxylic acids is 1. The van der Waals surface area contributed by atoms with Gasteiger partial charge in [-0.3, -0.25) is 4.79 Å². The highest BCUT2D eigenvalue weighted by molar-refractivity contribution is 5.68. The smallest absolute Gasteiger partial charge is 0.305 e. The summed E-state index contributed by atoms with van der Waals surface area (Å²) in [6.07, 6.45) is 0.146. The molecule has 3 N–H and O–H groups in total. The molecule has 0 amide bonds. The van der Waals surface area contributed by atoms with E-state index >= 15 is 0 Å². The number of hydrogen-bond acceptors (Lipinski definition) is 4. The van der Waals surface area contributed by atoms with Crippen LogP contribution in [0.3, 0.4) is 0 Å². The van der Waals surface area contributed by atoms with Gasteiger partial charge in [-0.15, -0.1) is 0 Å². The van der Waals surface area contributed by atoms with Crippen molar-refractivity contribution < 1.29 is 14.6 Å². The van der Waals surface area contributed by atoms with E-state index in [1.165, 1.54) is 0 Å². The molecule has 1 aromatic carbocycles. The highest BCUT2D eigenvalue weighted by atomic mass is 16.5. The molecule has 1 heterocycles. The molecule has 0 radical (unpaired) electrons. The van der Waals surface area contributed by atoms with Crippen LogP contribution in [-0.4, -0.2) is 36.3 Å². The normalized spacial score (nSPS) is 16.6. The summed E-state index contributed by atoms with van der Waals surface area (Å²) in [5.74, 6) is -0.762. The van der Waals surface area contributed by atoms with Crippen molar-refractivity contribution in [2.75, 3.05) is 19.7 Å². The minimum atomic E-state index is -0.762. The number of hydrogen-bond donors (Lipinski definition) is 3. The zero-order valence-corrected chi connectivity index (χ0v) is 11.8. The summed E-state index contributed by atoms with van der Waals surface area (Å²) in [4.78, 5) is 10.9. The van der Waals surface area contributed by atoms with E-state index in [-0.39, 0.29) is 12.0 Å². The van der Waals surface area contributed by atoms with Gasteiger partial charge in [0.2, 0.25) is 0 Å². The number of nitrogens with one attached hydrogen (secondary N) is 2. The van der Waals surface area contributed by atoms with Gasteiger partial charge in [0.25, 0.3) is 0 Å². The Bertz CT molecular complexity index is 458. The summed E-state index contributed by atoms with van der Waals surface area (Å²) in [5, 5.41) is 15.5. The van der Waals surface area contributed by atoms with Gasteiger partial charge in [0.1, 0.15) is 0 Å². The zero-order chi connectivity index (χ0) is 14.4. The quantitative estimate of drug-likeness (QED) is 0.665. The molecule has 0 saturated carbocycles. The van der Waals surface area contributed by atoms with Crippen molar-refractivity contribution in [3.63, 3.8) is 0 Å². The molecule has 0 unspecified atom stereocenters. The van der Waals surface area contributed by atoms with Gasteiger partial charge in [0.05, 0.1) is 18.6 Å². The second-order valence-corrected chi connectivity index (χ2v) is 5.21. The van der Waals surface area contributed by atoms with Crippen LogP contribution in [0.2, 0.25) is 0 Å². The van der Waals surface area contributed by atoms with E-state index < -0.39 is 5.97 Å². The molecule has 1 aromatic rings. The maximum absolute atomic E-state index is 10.9. The Labute approximate surface area is 119 Å². The van der Waals surface area contributed by atoms with Gasteiger partial charge in [-0.05, 0) is 18.1 Å². The van der Waals surface area contributed by atoms with Gasteiger partial charge in [-0.1, -0.05) is 24.3 Å². The van der Waals surface area contributed by atoms with Crippen LogP contribution >= 0.6 is 0 Å². The topological polar surface area (TPSA) is 70.6 Å². The summed E-state index contributed by atoms with van der Waals surface area (Å²) >= 11 is 0. The van der Waals surface area contributed by atoms with Crippen LogP contribution in [0.25, 0.3) is 0 Å². The van der Waals surface area contributed by atoms with Gasteiger partial charge in [-0.2, -0.15) is 0 Å². The molecule has 0 spiro atoms. The van der Waals surface area contributed by atoms with Crippen LogP contribution in [0, 0.1) is 0 Å². The minimum Gasteiger partial charge on any atom is -0.481 e. The van der Waals surface area contributed by atoms with Crippen molar-refractivity contribution in [2.45, 2.75) is 32.0 Å². The van der Waals surface area contributed by atoms with Crippen LogP contribution in [0.15, 0.2) is 24.3 Å². The monoisotopic (exact) mass is 278 g/mol. The van der Waals surface area contributed by atoms with Gasteiger partial charge in [0, 0.05) is 26.2 Å². The Morgan fingerprint density at radius 3 is 2.65 bits per heavy atom. The molecule has 1 aliphatic heterocycles. The predicted molar refractivity (Wildman–Crippen MR) is 76.5 cm³/mol. The molecule has 5 heteroatoms. The highest BCUT2D eigenvalue weighted by Crippen LogP contribution is 2.18. The fraction of sp³-hybridized carbons (Fsp3) is 0.533. The average Bonchev–Trinajstić information content (AvgIpc) is 2.40. The Kier molecular flexibility index (Phi) is 5.11. The number of rotatable bonds is 8. The van der Waals surface area contributed by atoms with Crippen molar-refractivity contribution in [2.24, 2.45) is 0 Å². The Morgan fingerprint density at radius 2 is 2.10 bits per heavy atom. The summed E-state index contributed by atoms with van der Waals surface area (Å²) in [6.45, 7) is 5.33. The zero-order valence-electron chi connectivity index (χ0n) is 11.8. The lowest BCUT2D eigenvalue weighted by Gasteiger charge is -2.42. The van der Waals surface area contributed by atoms with E-state index in [4.69, 9.17) is 9.84 Å². The number of carboxylic acids is 1. The standard InChI is InChI=1S/C15H22N2O3/c1-2-20-9-13-6-4-3-5-12(13)8-17-15(7-14(18)19)10-16-11-15/h3-6,16-17H,2,7-11H2,1H3,(H,18,19). The third-order valence-electron chi connectivity index (χ3n) is 3.65. The third-order valence-corrected chi connectivity index (χ3v) is 3.65. The van der Waals surface area contributed by atoms with E-state index in [2.05, 4.69) is 22.8 Å². The SMILES string of the molecule is CCOCc1ccccc1CNC1(CC(=O)O)CNC1. The van der Waals surface area contributed by atoms with Gasteiger partial charge < -0.3 is 20.5 Å². The molecule has 1 aliphatic rings. The van der Waals surface area contributed by atoms with E-state index in [1.54, 1.807) is 0 Å². The number of benzene rings is 1. The lowest BCUT2D eigenvalue weighted by molar-refractivity contribution is -0.139. The van der Waals surface area contributed by atoms with Crippen LogP contribution in [0.4, 0.5) is 0 Å². The van der Waals surface area contributed by atoms with Crippen LogP contribution in [0.1, 0.15) is 24.5 Å². The Balaban J connectivity index is 1.97. The Morgan fingerprint density at radius 1 is 1.40 bits per heavy atom. The van der Waals surface area contributed by atoms with Crippen LogP contribution < -0.4 is 10.6 Å². The highest BCUT2D eigenvalue weighted by Gasteiger charge is 2.38.